The molecule has 158 valence electrons. The first-order chi connectivity index (χ1) is 13.5. The average Bonchev–Trinajstić information content (AvgIpc) is 2.99. The van der Waals surface area contributed by atoms with Gasteiger partial charge < -0.3 is 9.84 Å². The van der Waals surface area contributed by atoms with Crippen LogP contribution in [-0.2, 0) is 10.3 Å². The van der Waals surface area contributed by atoms with Gasteiger partial charge in [-0.15, -0.1) is 0 Å². The molecule has 1 heterocycles. The molecule has 1 aliphatic heterocycles. The fourth-order valence-electron chi connectivity index (χ4n) is 4.13. The van der Waals surface area contributed by atoms with Gasteiger partial charge in [-0.1, -0.05) is 11.8 Å². The van der Waals surface area contributed by atoms with Crippen molar-refractivity contribution in [2.45, 2.75) is 50.8 Å². The molecule has 1 aromatic rings. The lowest BCUT2D eigenvalue weighted by atomic mass is 9.81. The number of amidine groups is 1. The van der Waals surface area contributed by atoms with Crippen LogP contribution in [0.4, 0.5) is 14.9 Å². The Kier molecular flexibility index (Phi) is 5.61. The number of amides is 1. The summed E-state index contributed by atoms with van der Waals surface area (Å²) in [5.74, 6) is -0.209. The molecule has 1 fully saturated rings. The van der Waals surface area contributed by atoms with Gasteiger partial charge in [0, 0.05) is 48.4 Å². The van der Waals surface area contributed by atoms with E-state index in [2.05, 4.69) is 0 Å². The maximum atomic E-state index is 14.9. The molecule has 1 aromatic carbocycles. The topological polar surface area (TPSA) is 105 Å². The minimum absolute atomic E-state index is 0.119. The summed E-state index contributed by atoms with van der Waals surface area (Å²) in [6.45, 7) is 5.26. The second kappa shape index (κ2) is 7.56. The van der Waals surface area contributed by atoms with Crippen LogP contribution in [0.5, 0.6) is 0 Å². The Balaban J connectivity index is 2.21. The minimum Gasteiger partial charge on any atom is -0.465 e. The minimum atomic E-state index is -1.15. The van der Waals surface area contributed by atoms with Crippen LogP contribution in [0, 0.1) is 21.8 Å². The fraction of sp³-hybridized carbons (Fsp3) is 0.579. The van der Waals surface area contributed by atoms with Gasteiger partial charge in [0.1, 0.15) is 5.82 Å². The van der Waals surface area contributed by atoms with Crippen molar-refractivity contribution in [3.63, 3.8) is 0 Å². The number of carbonyl (C=O) groups is 1. The summed E-state index contributed by atoms with van der Waals surface area (Å²) >= 11 is 1.31. The summed E-state index contributed by atoms with van der Waals surface area (Å²) in [6, 6.07) is 3.42. The highest BCUT2D eigenvalue weighted by atomic mass is 32.2. The Morgan fingerprint density at radius 2 is 2.17 bits per heavy atom. The van der Waals surface area contributed by atoms with E-state index in [-0.39, 0.29) is 28.4 Å². The van der Waals surface area contributed by atoms with E-state index >= 15 is 0 Å². The molecule has 29 heavy (non-hydrogen) atoms. The number of carboxylic acid groups (broad SMARTS) is 1. The van der Waals surface area contributed by atoms with E-state index in [0.717, 1.165) is 12.1 Å². The normalized spacial score (nSPS) is 26.6. The van der Waals surface area contributed by atoms with Gasteiger partial charge in [0.25, 0.3) is 5.69 Å². The van der Waals surface area contributed by atoms with Crippen molar-refractivity contribution in [1.29, 1.82) is 0 Å². The molecular weight excluding hydrogens is 401 g/mol. The molecule has 0 bridgehead atoms. The van der Waals surface area contributed by atoms with E-state index in [1.807, 2.05) is 0 Å². The highest BCUT2D eigenvalue weighted by molar-refractivity contribution is 8.13. The number of hydrogen-bond acceptors (Lipinski definition) is 6. The van der Waals surface area contributed by atoms with Gasteiger partial charge in [0.15, 0.2) is 5.17 Å². The Hall–Kier alpha value is -2.20. The number of nitro groups is 1. The predicted octanol–water partition coefficient (Wildman–Crippen LogP) is 4.24. The molecule has 3 rings (SSSR count). The zero-order valence-corrected chi connectivity index (χ0v) is 17.5. The third-order valence-electron chi connectivity index (χ3n) is 5.48. The van der Waals surface area contributed by atoms with Crippen LogP contribution in [-0.4, -0.2) is 50.7 Å². The van der Waals surface area contributed by atoms with Gasteiger partial charge in [-0.05, 0) is 33.3 Å². The molecule has 1 N–H and O–H groups in total. The Morgan fingerprint density at radius 3 is 2.72 bits per heavy atom. The van der Waals surface area contributed by atoms with Crippen molar-refractivity contribution < 1.29 is 24.0 Å². The number of methoxy groups -OCH3 is 1. The first kappa shape index (κ1) is 21.5. The van der Waals surface area contributed by atoms with Crippen LogP contribution < -0.4 is 0 Å². The maximum Gasteiger partial charge on any atom is 0.413 e. The Bertz CT molecular complexity index is 872. The van der Waals surface area contributed by atoms with Crippen LogP contribution in [0.25, 0.3) is 0 Å². The molecule has 1 aliphatic carbocycles. The monoisotopic (exact) mass is 425 g/mol. The number of rotatable bonds is 3. The summed E-state index contributed by atoms with van der Waals surface area (Å²) in [4.78, 5) is 28.6. The SMILES string of the molecule is COC1CC2CSC(N(C(=O)O)C(C)(C)C)=NC2(c2cc([N+](=O)[O-])ccc2F)C1. The largest absolute Gasteiger partial charge is 0.465 e. The summed E-state index contributed by atoms with van der Waals surface area (Å²) in [5.41, 5.74) is -1.98. The predicted molar refractivity (Wildman–Crippen MR) is 108 cm³/mol. The van der Waals surface area contributed by atoms with Crippen molar-refractivity contribution in [3.05, 3.63) is 39.7 Å². The lowest BCUT2D eigenvalue weighted by Crippen LogP contribution is -2.50. The molecule has 0 aromatic heterocycles. The smallest absolute Gasteiger partial charge is 0.413 e. The lowest BCUT2D eigenvalue weighted by Gasteiger charge is -2.41. The summed E-state index contributed by atoms with van der Waals surface area (Å²) < 4.78 is 20.4. The maximum absolute atomic E-state index is 14.9. The first-order valence-electron chi connectivity index (χ1n) is 9.22. The number of nitro benzene ring substituents is 1. The first-order valence-corrected chi connectivity index (χ1v) is 10.2. The van der Waals surface area contributed by atoms with Gasteiger partial charge in [0.05, 0.1) is 16.6 Å². The van der Waals surface area contributed by atoms with Crippen LogP contribution >= 0.6 is 11.8 Å². The number of nitrogens with zero attached hydrogens (tertiary/aromatic N) is 3. The van der Waals surface area contributed by atoms with Gasteiger partial charge in [0.2, 0.25) is 0 Å². The van der Waals surface area contributed by atoms with Crippen molar-refractivity contribution in [2.24, 2.45) is 10.9 Å². The zero-order chi connectivity index (χ0) is 21.6. The summed E-state index contributed by atoms with van der Waals surface area (Å²) in [5, 5.41) is 21.3. The number of aliphatic imine (C=N–C) groups is 1. The number of halogens is 1. The van der Waals surface area contributed by atoms with E-state index < -0.39 is 27.9 Å². The van der Waals surface area contributed by atoms with Crippen LogP contribution in [0.2, 0.25) is 0 Å². The Labute approximate surface area is 172 Å². The lowest BCUT2D eigenvalue weighted by molar-refractivity contribution is -0.385. The van der Waals surface area contributed by atoms with E-state index in [9.17, 15) is 24.4 Å². The molecule has 8 nitrogen and oxygen atoms in total. The van der Waals surface area contributed by atoms with E-state index in [0.29, 0.717) is 18.6 Å². The van der Waals surface area contributed by atoms with Crippen molar-refractivity contribution in [3.8, 4) is 0 Å². The van der Waals surface area contributed by atoms with Crippen molar-refractivity contribution in [1.82, 2.24) is 4.90 Å². The fourth-order valence-corrected chi connectivity index (χ4v) is 5.60. The highest BCUT2D eigenvalue weighted by Crippen LogP contribution is 2.53. The second-order valence-electron chi connectivity index (χ2n) is 8.33. The molecule has 1 amide bonds. The molecule has 0 saturated heterocycles. The van der Waals surface area contributed by atoms with Crippen LogP contribution in [0.3, 0.4) is 0 Å². The molecule has 2 aliphatic rings. The number of benzene rings is 1. The number of non-ortho nitro benzene ring substituents is 1. The zero-order valence-electron chi connectivity index (χ0n) is 16.7. The quantitative estimate of drug-likeness (QED) is 0.574. The number of ether oxygens (including phenoxy) is 1. The molecule has 3 atom stereocenters. The Morgan fingerprint density at radius 1 is 1.48 bits per heavy atom. The third kappa shape index (κ3) is 3.83. The van der Waals surface area contributed by atoms with Gasteiger partial charge in [-0.25, -0.2) is 14.2 Å². The van der Waals surface area contributed by atoms with Gasteiger partial charge in [-0.2, -0.15) is 0 Å². The van der Waals surface area contributed by atoms with E-state index in [1.165, 1.54) is 22.7 Å². The molecule has 1 saturated carbocycles. The molecular formula is C19H24FN3O5S. The standard InChI is InChI=1S/C19H24FN3O5S/c1-18(2,3)22(17(24)25)16-21-19(9-13(28-4)7-11(19)10-29-16)14-8-12(23(26)27)5-6-15(14)20/h5-6,8,11,13H,7,9-10H2,1-4H3,(H,24,25). The van der Waals surface area contributed by atoms with Crippen molar-refractivity contribution in [2.75, 3.05) is 12.9 Å². The molecule has 10 heteroatoms. The van der Waals surface area contributed by atoms with Gasteiger partial charge >= 0.3 is 6.09 Å². The van der Waals surface area contributed by atoms with Crippen molar-refractivity contribution >= 4 is 28.7 Å². The number of hydrogen-bond donors (Lipinski definition) is 1. The molecule has 0 radical (unpaired) electrons. The number of fused-ring (bicyclic) bond motifs is 1. The van der Waals surface area contributed by atoms with Crippen LogP contribution in [0.1, 0.15) is 39.2 Å². The van der Waals surface area contributed by atoms with Crippen LogP contribution in [0.15, 0.2) is 23.2 Å². The summed E-state index contributed by atoms with van der Waals surface area (Å²) in [6.07, 6.45) is -0.410. The molecule has 3 unspecified atom stereocenters. The summed E-state index contributed by atoms with van der Waals surface area (Å²) in [7, 11) is 1.57. The van der Waals surface area contributed by atoms with Gasteiger partial charge in [-0.3, -0.25) is 15.0 Å². The second-order valence-corrected chi connectivity index (χ2v) is 9.32. The van der Waals surface area contributed by atoms with E-state index in [1.54, 1.807) is 27.9 Å². The molecule has 0 spiro atoms. The highest BCUT2D eigenvalue weighted by Gasteiger charge is 2.53. The third-order valence-corrected chi connectivity index (χ3v) is 6.59. The van der Waals surface area contributed by atoms with E-state index in [4.69, 9.17) is 9.73 Å². The number of thioether (sulfide) groups is 1. The average molecular weight is 425 g/mol.